The first kappa shape index (κ1) is 13.4. The van der Waals surface area contributed by atoms with E-state index in [9.17, 15) is 14.4 Å². The van der Waals surface area contributed by atoms with Crippen molar-refractivity contribution in [1.82, 2.24) is 4.90 Å². The maximum absolute atomic E-state index is 12.2. The normalized spacial score (nSPS) is 20.0. The van der Waals surface area contributed by atoms with Gasteiger partial charge in [0.05, 0.1) is 6.54 Å². The Morgan fingerprint density at radius 1 is 1.10 bits per heavy atom. The molecule has 0 bridgehead atoms. The summed E-state index contributed by atoms with van der Waals surface area (Å²) < 4.78 is 9.98. The molecule has 0 spiro atoms. The molecule has 0 aromatic heterocycles. The van der Waals surface area contributed by atoms with Crippen molar-refractivity contribution in [1.29, 1.82) is 0 Å². The number of fused-ring (bicyclic) bond motifs is 1. The van der Waals surface area contributed by atoms with E-state index < -0.39 is 17.7 Å². The van der Waals surface area contributed by atoms with Crippen LogP contribution >= 0.6 is 0 Å². The van der Waals surface area contributed by atoms with Crippen molar-refractivity contribution in [3.63, 3.8) is 0 Å². The molecule has 2 aliphatic rings. The number of hydrogen-bond acceptors (Lipinski definition) is 5. The monoisotopic (exact) mass is 287 g/mol. The molecule has 1 amide bonds. The highest BCUT2D eigenvalue weighted by molar-refractivity contribution is 6.15. The van der Waals surface area contributed by atoms with Gasteiger partial charge in [-0.15, -0.1) is 0 Å². The van der Waals surface area contributed by atoms with Gasteiger partial charge in [0.1, 0.15) is 0 Å². The van der Waals surface area contributed by atoms with Gasteiger partial charge in [0.2, 0.25) is 0 Å². The van der Waals surface area contributed by atoms with E-state index in [1.54, 1.807) is 12.1 Å². The molecule has 1 aromatic rings. The lowest BCUT2D eigenvalue weighted by atomic mass is 10.1. The third-order valence-electron chi connectivity index (χ3n) is 3.25. The maximum Gasteiger partial charge on any atom is 0.350 e. The van der Waals surface area contributed by atoms with Gasteiger partial charge < -0.3 is 14.4 Å². The molecule has 108 valence electrons. The number of carbonyl (C=O) groups excluding carboxylic acids is 3. The molecular weight excluding hydrogens is 274 g/mol. The van der Waals surface area contributed by atoms with Crippen LogP contribution in [0.2, 0.25) is 0 Å². The third kappa shape index (κ3) is 2.29. The molecular formula is C15H13NO5. The molecule has 2 aliphatic heterocycles. The lowest BCUT2D eigenvalue weighted by Gasteiger charge is -2.30. The highest BCUT2D eigenvalue weighted by Gasteiger charge is 2.40. The Hall–Kier alpha value is -2.63. The number of esters is 2. The van der Waals surface area contributed by atoms with Gasteiger partial charge >= 0.3 is 11.9 Å². The Labute approximate surface area is 120 Å². The van der Waals surface area contributed by atoms with Crippen LogP contribution in [0, 0.1) is 0 Å². The minimum absolute atomic E-state index is 0.261. The molecule has 0 aliphatic carbocycles. The Kier molecular flexibility index (Phi) is 2.83. The summed E-state index contributed by atoms with van der Waals surface area (Å²) in [4.78, 5) is 37.2. The van der Waals surface area contributed by atoms with E-state index in [-0.39, 0.29) is 11.5 Å². The van der Waals surface area contributed by atoms with Crippen molar-refractivity contribution in [2.75, 3.05) is 0 Å². The average Bonchev–Trinajstić information content (AvgIpc) is 2.70. The first-order valence-electron chi connectivity index (χ1n) is 6.45. The number of ether oxygens (including phenoxy) is 2. The first-order valence-corrected chi connectivity index (χ1v) is 6.45. The molecule has 2 heterocycles. The van der Waals surface area contributed by atoms with Crippen LogP contribution in [0.1, 0.15) is 29.8 Å². The van der Waals surface area contributed by atoms with E-state index in [4.69, 9.17) is 9.47 Å². The number of benzene rings is 1. The highest BCUT2D eigenvalue weighted by atomic mass is 16.7. The molecule has 21 heavy (non-hydrogen) atoms. The highest BCUT2D eigenvalue weighted by Crippen LogP contribution is 2.26. The first-order chi connectivity index (χ1) is 9.87. The fourth-order valence-electron chi connectivity index (χ4n) is 2.30. The van der Waals surface area contributed by atoms with Crippen molar-refractivity contribution in [2.45, 2.75) is 26.2 Å². The van der Waals surface area contributed by atoms with Crippen LogP contribution in [-0.2, 0) is 25.6 Å². The van der Waals surface area contributed by atoms with E-state index in [2.05, 4.69) is 0 Å². The summed E-state index contributed by atoms with van der Waals surface area (Å²) in [7, 11) is 0. The lowest BCUT2D eigenvalue weighted by Crippen LogP contribution is -2.42. The quantitative estimate of drug-likeness (QED) is 0.443. The fraction of sp³-hybridized carbons (Fsp3) is 0.267. The van der Waals surface area contributed by atoms with Crippen LogP contribution in [-0.4, -0.2) is 28.5 Å². The standard InChI is InChI=1S/C15H13NO5/c1-15(2)20-13(18)11(14(19)21-15)8-16-7-9-5-3-4-6-10(9)12(16)17/h3-6,8H,7H2,1-2H3. The molecule has 0 unspecified atom stereocenters. The minimum Gasteiger partial charge on any atom is -0.419 e. The van der Waals surface area contributed by atoms with E-state index in [1.807, 2.05) is 12.1 Å². The lowest BCUT2D eigenvalue weighted by molar-refractivity contribution is -0.222. The largest absolute Gasteiger partial charge is 0.419 e. The van der Waals surface area contributed by atoms with Crippen molar-refractivity contribution < 1.29 is 23.9 Å². The van der Waals surface area contributed by atoms with Gasteiger partial charge in [0.15, 0.2) is 5.57 Å². The molecule has 0 atom stereocenters. The molecule has 6 heteroatoms. The van der Waals surface area contributed by atoms with Gasteiger partial charge in [-0.2, -0.15) is 0 Å². The van der Waals surface area contributed by atoms with Gasteiger partial charge in [-0.25, -0.2) is 9.59 Å². The third-order valence-corrected chi connectivity index (χ3v) is 3.25. The second kappa shape index (κ2) is 4.44. The van der Waals surface area contributed by atoms with Crippen LogP contribution in [0.5, 0.6) is 0 Å². The zero-order chi connectivity index (χ0) is 15.2. The molecule has 6 nitrogen and oxygen atoms in total. The summed E-state index contributed by atoms with van der Waals surface area (Å²) >= 11 is 0. The van der Waals surface area contributed by atoms with E-state index >= 15 is 0 Å². The smallest absolute Gasteiger partial charge is 0.350 e. The number of rotatable bonds is 1. The van der Waals surface area contributed by atoms with Crippen molar-refractivity contribution in [2.24, 2.45) is 0 Å². The van der Waals surface area contributed by atoms with Crippen LogP contribution < -0.4 is 0 Å². The molecule has 1 aromatic carbocycles. The van der Waals surface area contributed by atoms with Crippen LogP contribution in [0.4, 0.5) is 0 Å². The van der Waals surface area contributed by atoms with E-state index in [1.165, 1.54) is 24.9 Å². The van der Waals surface area contributed by atoms with Crippen molar-refractivity contribution in [3.8, 4) is 0 Å². The molecule has 1 saturated heterocycles. The summed E-state index contributed by atoms with van der Waals surface area (Å²) in [5, 5.41) is 0. The maximum atomic E-state index is 12.2. The predicted octanol–water partition coefficient (Wildman–Crippen LogP) is 1.36. The molecule has 0 saturated carbocycles. The predicted molar refractivity (Wildman–Crippen MR) is 70.7 cm³/mol. The van der Waals surface area contributed by atoms with Gasteiger partial charge in [0.25, 0.3) is 11.7 Å². The second-order valence-corrected chi connectivity index (χ2v) is 5.31. The molecule has 1 fully saturated rings. The zero-order valence-electron chi connectivity index (χ0n) is 11.6. The van der Waals surface area contributed by atoms with Crippen molar-refractivity contribution >= 4 is 17.8 Å². The SMILES string of the molecule is CC1(C)OC(=O)C(=CN2Cc3ccccc3C2=O)C(=O)O1. The van der Waals surface area contributed by atoms with Gasteiger partial charge in [-0.3, -0.25) is 4.79 Å². The van der Waals surface area contributed by atoms with E-state index in [0.29, 0.717) is 12.1 Å². The summed E-state index contributed by atoms with van der Waals surface area (Å²) in [6.45, 7) is 3.25. The van der Waals surface area contributed by atoms with Gasteiger partial charge in [-0.1, -0.05) is 18.2 Å². The topological polar surface area (TPSA) is 72.9 Å². The van der Waals surface area contributed by atoms with Crippen LogP contribution in [0.25, 0.3) is 0 Å². The Bertz CT molecular complexity index is 667. The zero-order valence-corrected chi connectivity index (χ0v) is 11.6. The summed E-state index contributed by atoms with van der Waals surface area (Å²) in [6.07, 6.45) is 1.20. The number of carbonyl (C=O) groups is 3. The minimum atomic E-state index is -1.29. The fourth-order valence-corrected chi connectivity index (χ4v) is 2.30. The van der Waals surface area contributed by atoms with Gasteiger partial charge in [0, 0.05) is 25.6 Å². The van der Waals surface area contributed by atoms with Crippen molar-refractivity contribution in [3.05, 3.63) is 47.2 Å². The summed E-state index contributed by atoms with van der Waals surface area (Å²) in [5.41, 5.74) is 1.12. The van der Waals surface area contributed by atoms with E-state index in [0.717, 1.165) is 5.56 Å². The molecule has 0 N–H and O–H groups in total. The molecule has 3 rings (SSSR count). The average molecular weight is 287 g/mol. The summed E-state index contributed by atoms with van der Waals surface area (Å²) in [5.74, 6) is -3.13. The van der Waals surface area contributed by atoms with Crippen LogP contribution in [0.3, 0.4) is 0 Å². The molecule has 0 radical (unpaired) electrons. The summed E-state index contributed by atoms with van der Waals surface area (Å²) in [6, 6.07) is 7.12. The van der Waals surface area contributed by atoms with Gasteiger partial charge in [-0.05, 0) is 11.6 Å². The Balaban J connectivity index is 1.89. The number of cyclic esters (lactones) is 2. The Morgan fingerprint density at radius 2 is 1.71 bits per heavy atom. The van der Waals surface area contributed by atoms with Crippen LogP contribution in [0.15, 0.2) is 36.0 Å². The number of hydrogen-bond donors (Lipinski definition) is 0. The second-order valence-electron chi connectivity index (χ2n) is 5.31. The number of nitrogens with zero attached hydrogens (tertiary/aromatic N) is 1. The Morgan fingerprint density at radius 3 is 2.33 bits per heavy atom. The number of amides is 1.